The molecule has 0 bridgehead atoms. The van der Waals surface area contributed by atoms with Crippen LogP contribution in [0.2, 0.25) is 0 Å². The average Bonchev–Trinajstić information content (AvgIpc) is 2.82. The van der Waals surface area contributed by atoms with Gasteiger partial charge in [-0.25, -0.2) is 4.79 Å². The second-order valence-corrected chi connectivity index (χ2v) is 8.43. The number of carbonyl (C=O) groups is 4. The van der Waals surface area contributed by atoms with Gasteiger partial charge < -0.3 is 14.2 Å². The summed E-state index contributed by atoms with van der Waals surface area (Å²) in [6.45, 7) is 8.19. The molecular formula is C26H44O7. The van der Waals surface area contributed by atoms with Gasteiger partial charge in [0.2, 0.25) is 0 Å². The maximum atomic E-state index is 12.3. The first kappa shape index (κ1) is 30.8. The Morgan fingerprint density at radius 2 is 1.36 bits per heavy atom. The molecule has 0 aromatic heterocycles. The first-order valence-corrected chi connectivity index (χ1v) is 12.5. The molecule has 0 radical (unpaired) electrons. The molecule has 0 rings (SSSR count). The Kier molecular flexibility index (Phi) is 18.0. The van der Waals surface area contributed by atoms with E-state index in [4.69, 9.17) is 14.2 Å². The lowest BCUT2D eigenvalue weighted by molar-refractivity contribution is -0.167. The number of hydrogen-bond donors (Lipinski definition) is 0. The van der Waals surface area contributed by atoms with E-state index < -0.39 is 29.9 Å². The van der Waals surface area contributed by atoms with Gasteiger partial charge in [-0.2, -0.15) is 0 Å². The lowest BCUT2D eigenvalue weighted by Gasteiger charge is -2.19. The van der Waals surface area contributed by atoms with Gasteiger partial charge in [-0.1, -0.05) is 71.3 Å². The number of ether oxygens (including phenoxy) is 3. The second kappa shape index (κ2) is 19.3. The predicted octanol–water partition coefficient (Wildman–Crippen LogP) is 5.49. The van der Waals surface area contributed by atoms with Crippen LogP contribution in [0.25, 0.3) is 0 Å². The van der Waals surface area contributed by atoms with E-state index >= 15 is 0 Å². The van der Waals surface area contributed by atoms with Crippen molar-refractivity contribution in [1.82, 2.24) is 0 Å². The fraction of sp³-hybridized carbons (Fsp3) is 0.769. The standard InChI is InChI=1S/C26H44O7/c1-6-9-10-11-12-13-14-15-16-17-24(28)33-22(18-31-25(29)20(4)7-2)19-32-26(30)21(5)23(27)8-3/h7,21-22H,6,8-19H2,1-5H3/t21-,22+/m0/s1. The normalized spacial score (nSPS) is 13.2. The lowest BCUT2D eigenvalue weighted by Crippen LogP contribution is -2.33. The fourth-order valence-corrected chi connectivity index (χ4v) is 3.08. The van der Waals surface area contributed by atoms with Crippen molar-refractivity contribution in [2.75, 3.05) is 13.2 Å². The Hall–Kier alpha value is -2.18. The third-order valence-corrected chi connectivity index (χ3v) is 5.53. The molecule has 0 saturated carbocycles. The maximum Gasteiger partial charge on any atom is 0.333 e. The Bertz CT molecular complexity index is 624. The van der Waals surface area contributed by atoms with E-state index in [0.29, 0.717) is 5.57 Å². The molecule has 0 aliphatic heterocycles. The van der Waals surface area contributed by atoms with Crippen molar-refractivity contribution >= 4 is 23.7 Å². The van der Waals surface area contributed by atoms with E-state index in [-0.39, 0.29) is 31.8 Å². The van der Waals surface area contributed by atoms with Gasteiger partial charge in [0.1, 0.15) is 24.9 Å². The molecule has 0 saturated heterocycles. The molecule has 0 aliphatic carbocycles. The fourth-order valence-electron chi connectivity index (χ4n) is 3.08. The predicted molar refractivity (Wildman–Crippen MR) is 128 cm³/mol. The summed E-state index contributed by atoms with van der Waals surface area (Å²) in [7, 11) is 0. The summed E-state index contributed by atoms with van der Waals surface area (Å²) >= 11 is 0. The number of Topliss-reactive ketones (excluding diaryl/α,β-unsaturated/α-hetero) is 1. The van der Waals surface area contributed by atoms with E-state index in [1.54, 1.807) is 26.8 Å². The zero-order valence-electron chi connectivity index (χ0n) is 21.3. The molecule has 7 heteroatoms. The van der Waals surface area contributed by atoms with Crippen molar-refractivity contribution in [2.24, 2.45) is 5.92 Å². The molecule has 0 aromatic carbocycles. The summed E-state index contributed by atoms with van der Waals surface area (Å²) in [6.07, 6.45) is 11.4. The van der Waals surface area contributed by atoms with Crippen molar-refractivity contribution in [3.05, 3.63) is 11.6 Å². The van der Waals surface area contributed by atoms with E-state index in [0.717, 1.165) is 19.3 Å². The van der Waals surface area contributed by atoms with Crippen LogP contribution < -0.4 is 0 Å². The van der Waals surface area contributed by atoms with Crippen molar-refractivity contribution < 1.29 is 33.4 Å². The highest BCUT2D eigenvalue weighted by molar-refractivity contribution is 5.98. The van der Waals surface area contributed by atoms with Crippen LogP contribution in [-0.4, -0.2) is 43.0 Å². The summed E-state index contributed by atoms with van der Waals surface area (Å²) in [6, 6.07) is 0. The third kappa shape index (κ3) is 15.3. The number of ketones is 1. The summed E-state index contributed by atoms with van der Waals surface area (Å²) in [5, 5.41) is 0. The van der Waals surface area contributed by atoms with Gasteiger partial charge in [0, 0.05) is 18.4 Å². The number of hydrogen-bond acceptors (Lipinski definition) is 7. The molecule has 0 spiro atoms. The van der Waals surface area contributed by atoms with E-state index in [2.05, 4.69) is 6.92 Å². The maximum absolute atomic E-state index is 12.3. The molecule has 33 heavy (non-hydrogen) atoms. The number of rotatable bonds is 19. The van der Waals surface area contributed by atoms with Gasteiger partial charge in [0.25, 0.3) is 0 Å². The molecule has 0 amide bonds. The zero-order valence-corrected chi connectivity index (χ0v) is 21.3. The topological polar surface area (TPSA) is 96.0 Å². The van der Waals surface area contributed by atoms with Crippen LogP contribution in [0, 0.1) is 5.92 Å². The van der Waals surface area contributed by atoms with Crippen LogP contribution in [-0.2, 0) is 33.4 Å². The van der Waals surface area contributed by atoms with Gasteiger partial charge in [-0.05, 0) is 27.2 Å². The Morgan fingerprint density at radius 3 is 1.91 bits per heavy atom. The van der Waals surface area contributed by atoms with Gasteiger partial charge in [-0.15, -0.1) is 0 Å². The van der Waals surface area contributed by atoms with E-state index in [1.165, 1.54) is 45.4 Å². The van der Waals surface area contributed by atoms with Crippen LogP contribution >= 0.6 is 0 Å². The van der Waals surface area contributed by atoms with Gasteiger partial charge in [-0.3, -0.25) is 14.4 Å². The highest BCUT2D eigenvalue weighted by atomic mass is 16.6. The Labute approximate surface area is 199 Å². The molecule has 0 aliphatic rings. The van der Waals surface area contributed by atoms with Gasteiger partial charge in [0.05, 0.1) is 0 Å². The molecular weight excluding hydrogens is 424 g/mol. The molecule has 0 fully saturated rings. The molecule has 190 valence electrons. The third-order valence-electron chi connectivity index (χ3n) is 5.53. The van der Waals surface area contributed by atoms with Crippen LogP contribution in [0.3, 0.4) is 0 Å². The van der Waals surface area contributed by atoms with Crippen molar-refractivity contribution in [1.29, 1.82) is 0 Å². The highest BCUT2D eigenvalue weighted by Gasteiger charge is 2.24. The zero-order chi connectivity index (χ0) is 25.1. The number of esters is 3. The second-order valence-electron chi connectivity index (χ2n) is 8.43. The van der Waals surface area contributed by atoms with E-state index in [1.807, 2.05) is 0 Å². The smallest absolute Gasteiger partial charge is 0.333 e. The summed E-state index contributed by atoms with van der Waals surface area (Å²) in [4.78, 5) is 47.9. The lowest BCUT2D eigenvalue weighted by atomic mass is 10.1. The summed E-state index contributed by atoms with van der Waals surface area (Å²) < 4.78 is 15.7. The molecule has 0 N–H and O–H groups in total. The van der Waals surface area contributed by atoms with Crippen LogP contribution in [0.15, 0.2) is 11.6 Å². The van der Waals surface area contributed by atoms with Crippen molar-refractivity contribution in [3.8, 4) is 0 Å². The molecule has 7 nitrogen and oxygen atoms in total. The van der Waals surface area contributed by atoms with Gasteiger partial charge >= 0.3 is 17.9 Å². The first-order valence-electron chi connectivity index (χ1n) is 12.5. The minimum absolute atomic E-state index is 0.225. The number of unbranched alkanes of at least 4 members (excludes halogenated alkanes) is 8. The van der Waals surface area contributed by atoms with Crippen LogP contribution in [0.4, 0.5) is 0 Å². The highest BCUT2D eigenvalue weighted by Crippen LogP contribution is 2.12. The number of allylic oxidation sites excluding steroid dienone is 1. The average molecular weight is 469 g/mol. The molecule has 0 aromatic rings. The van der Waals surface area contributed by atoms with Crippen LogP contribution in [0.1, 0.15) is 105 Å². The SMILES string of the molecule is CC=C(C)C(=O)OC[C@H](COC(=O)[C@@H](C)C(=O)CC)OC(=O)CCCCCCCCCCC. The molecule has 0 unspecified atom stereocenters. The largest absolute Gasteiger partial charge is 0.461 e. The van der Waals surface area contributed by atoms with Crippen LogP contribution in [0.5, 0.6) is 0 Å². The molecule has 0 heterocycles. The van der Waals surface area contributed by atoms with Crippen molar-refractivity contribution in [3.63, 3.8) is 0 Å². The summed E-state index contributed by atoms with van der Waals surface area (Å²) in [5.74, 6) is -2.75. The monoisotopic (exact) mass is 468 g/mol. The summed E-state index contributed by atoms with van der Waals surface area (Å²) in [5.41, 5.74) is 0.425. The Balaban J connectivity index is 4.50. The van der Waals surface area contributed by atoms with Crippen molar-refractivity contribution in [2.45, 2.75) is 111 Å². The first-order chi connectivity index (χ1) is 15.8. The van der Waals surface area contributed by atoms with E-state index in [9.17, 15) is 19.2 Å². The Morgan fingerprint density at radius 1 is 0.818 bits per heavy atom. The minimum Gasteiger partial charge on any atom is -0.461 e. The number of carbonyl (C=O) groups excluding carboxylic acids is 4. The minimum atomic E-state index is -0.919. The van der Waals surface area contributed by atoms with Gasteiger partial charge in [0.15, 0.2) is 6.10 Å². The molecule has 2 atom stereocenters. The quantitative estimate of drug-likeness (QED) is 0.0813.